The third kappa shape index (κ3) is 8.97. The van der Waals surface area contributed by atoms with Crippen molar-refractivity contribution in [2.75, 3.05) is 0 Å². The molecule has 0 spiro atoms. The Balaban J connectivity index is 0.000000533. The molecule has 2 aromatic carbocycles. The molecule has 1 N–H and O–H groups in total. The zero-order chi connectivity index (χ0) is 37.0. The van der Waals surface area contributed by atoms with Gasteiger partial charge in [-0.25, -0.2) is 9.59 Å². The van der Waals surface area contributed by atoms with Gasteiger partial charge >= 0.3 is 11.9 Å². The SMILES string of the molecule is O=C(Oc1ccc2c(=O)c(OOCc3cccnc3)c(-c3ccc(OC(=O)c4cccnc4)c(O)c3)oc2c1)c1cccnc1.O=Cc1cccnc1. The second-order valence-electron chi connectivity index (χ2n) is 10.8. The third-order valence-corrected chi connectivity index (χ3v) is 7.16. The summed E-state index contributed by atoms with van der Waals surface area (Å²) < 4.78 is 16.9. The number of aromatic nitrogens is 4. The predicted octanol–water partition coefficient (Wildman–Crippen LogP) is 6.19. The lowest BCUT2D eigenvalue weighted by Crippen LogP contribution is -2.12. The highest BCUT2D eigenvalue weighted by atomic mass is 17.2. The normalized spacial score (nSPS) is 10.4. The Kier molecular flexibility index (Phi) is 11.2. The van der Waals surface area contributed by atoms with Gasteiger partial charge in [0.15, 0.2) is 23.5 Å². The number of phenols is 1. The van der Waals surface area contributed by atoms with Crippen LogP contribution in [0.3, 0.4) is 0 Å². The highest BCUT2D eigenvalue weighted by molar-refractivity contribution is 5.92. The van der Waals surface area contributed by atoms with Gasteiger partial charge in [0.05, 0.1) is 16.5 Å². The first-order valence-electron chi connectivity index (χ1n) is 15.6. The van der Waals surface area contributed by atoms with Gasteiger partial charge in [0.2, 0.25) is 5.43 Å². The Labute approximate surface area is 299 Å². The van der Waals surface area contributed by atoms with Gasteiger partial charge in [-0.1, -0.05) is 6.07 Å². The molecular formula is C39H26N4O10. The third-order valence-electron chi connectivity index (χ3n) is 7.16. The molecule has 0 saturated heterocycles. The molecule has 0 unspecified atom stereocenters. The molecular weight excluding hydrogens is 684 g/mol. The first-order chi connectivity index (χ1) is 25.9. The maximum Gasteiger partial charge on any atom is 0.345 e. The number of rotatable bonds is 10. The molecule has 5 aromatic heterocycles. The summed E-state index contributed by atoms with van der Waals surface area (Å²) >= 11 is 0. The fourth-order valence-corrected chi connectivity index (χ4v) is 4.61. The number of aromatic hydroxyl groups is 1. The van der Waals surface area contributed by atoms with Crippen LogP contribution in [-0.4, -0.2) is 43.3 Å². The minimum atomic E-state index is -0.732. The maximum atomic E-state index is 13.6. The van der Waals surface area contributed by atoms with E-state index in [-0.39, 0.29) is 57.3 Å². The Hall–Kier alpha value is -7.58. The number of hydrogen-bond donors (Lipinski definition) is 1. The molecule has 0 amide bonds. The number of pyridine rings is 4. The molecule has 262 valence electrons. The number of ether oxygens (including phenoxy) is 2. The number of aldehydes is 1. The molecule has 7 rings (SSSR count). The van der Waals surface area contributed by atoms with Gasteiger partial charge < -0.3 is 23.9 Å². The van der Waals surface area contributed by atoms with E-state index >= 15 is 0 Å². The number of esters is 2. The van der Waals surface area contributed by atoms with Crippen LogP contribution in [0, 0.1) is 0 Å². The van der Waals surface area contributed by atoms with Crippen molar-refractivity contribution in [1.29, 1.82) is 0 Å². The minimum absolute atomic E-state index is 0.0392. The Bertz CT molecular complexity index is 2410. The summed E-state index contributed by atoms with van der Waals surface area (Å²) in [5.41, 5.74) is 1.35. The summed E-state index contributed by atoms with van der Waals surface area (Å²) in [7, 11) is 0. The number of carbonyl (C=O) groups is 3. The van der Waals surface area contributed by atoms with Crippen molar-refractivity contribution in [2.24, 2.45) is 0 Å². The Morgan fingerprint density at radius 1 is 0.736 bits per heavy atom. The van der Waals surface area contributed by atoms with Gasteiger partial charge in [0.25, 0.3) is 5.75 Å². The zero-order valence-corrected chi connectivity index (χ0v) is 27.4. The van der Waals surface area contributed by atoms with Crippen molar-refractivity contribution in [3.63, 3.8) is 0 Å². The van der Waals surface area contributed by atoms with Crippen molar-refractivity contribution in [3.8, 4) is 34.3 Å². The fourth-order valence-electron chi connectivity index (χ4n) is 4.61. The smallest absolute Gasteiger partial charge is 0.345 e. The zero-order valence-electron chi connectivity index (χ0n) is 27.4. The molecule has 7 aromatic rings. The number of fused-ring (bicyclic) bond motifs is 1. The van der Waals surface area contributed by atoms with E-state index in [1.54, 1.807) is 61.1 Å². The number of nitrogens with zero attached hydrogens (tertiary/aromatic N) is 4. The summed E-state index contributed by atoms with van der Waals surface area (Å²) in [5.74, 6) is -2.28. The van der Waals surface area contributed by atoms with E-state index in [2.05, 4.69) is 19.9 Å². The summed E-state index contributed by atoms with van der Waals surface area (Å²) in [6.07, 6.45) is 12.8. The van der Waals surface area contributed by atoms with E-state index in [4.69, 9.17) is 23.7 Å². The Morgan fingerprint density at radius 2 is 1.40 bits per heavy atom. The van der Waals surface area contributed by atoms with Crippen LogP contribution < -0.4 is 19.8 Å². The van der Waals surface area contributed by atoms with Crippen LogP contribution in [0.25, 0.3) is 22.3 Å². The van der Waals surface area contributed by atoms with Crippen LogP contribution in [0.4, 0.5) is 0 Å². The van der Waals surface area contributed by atoms with Crippen LogP contribution in [0.15, 0.2) is 144 Å². The quantitative estimate of drug-likeness (QED) is 0.0555. The van der Waals surface area contributed by atoms with Crippen molar-refractivity contribution >= 4 is 29.2 Å². The molecule has 0 aliphatic carbocycles. The highest BCUT2D eigenvalue weighted by Crippen LogP contribution is 2.37. The van der Waals surface area contributed by atoms with Gasteiger partial charge in [0.1, 0.15) is 17.9 Å². The van der Waals surface area contributed by atoms with Gasteiger partial charge in [-0.15, -0.1) is 0 Å². The largest absolute Gasteiger partial charge is 0.504 e. The second-order valence-corrected chi connectivity index (χ2v) is 10.8. The monoisotopic (exact) mass is 710 g/mol. The van der Waals surface area contributed by atoms with E-state index in [0.717, 1.165) is 6.29 Å². The van der Waals surface area contributed by atoms with Crippen LogP contribution in [0.5, 0.6) is 23.0 Å². The molecule has 5 heterocycles. The van der Waals surface area contributed by atoms with Crippen molar-refractivity contribution in [1.82, 2.24) is 19.9 Å². The van der Waals surface area contributed by atoms with Crippen LogP contribution in [0.2, 0.25) is 0 Å². The van der Waals surface area contributed by atoms with Gasteiger partial charge in [-0.3, -0.25) is 29.5 Å². The molecule has 0 bridgehead atoms. The van der Waals surface area contributed by atoms with E-state index in [1.807, 2.05) is 0 Å². The predicted molar refractivity (Wildman–Crippen MR) is 187 cm³/mol. The van der Waals surface area contributed by atoms with Crippen molar-refractivity contribution in [2.45, 2.75) is 6.61 Å². The molecule has 53 heavy (non-hydrogen) atoms. The first kappa shape index (κ1) is 35.3. The van der Waals surface area contributed by atoms with Gasteiger partial charge in [-0.2, -0.15) is 4.89 Å². The summed E-state index contributed by atoms with van der Waals surface area (Å²) in [4.78, 5) is 75.0. The average Bonchev–Trinajstić information content (AvgIpc) is 3.21. The lowest BCUT2D eigenvalue weighted by molar-refractivity contribution is -0.218. The topological polar surface area (TPSA) is 190 Å². The van der Waals surface area contributed by atoms with E-state index in [1.165, 1.54) is 73.4 Å². The van der Waals surface area contributed by atoms with Gasteiger partial charge in [0, 0.05) is 72.3 Å². The van der Waals surface area contributed by atoms with Gasteiger partial charge in [-0.05, 0) is 72.8 Å². The number of carbonyl (C=O) groups excluding carboxylic acids is 3. The van der Waals surface area contributed by atoms with Crippen LogP contribution in [0.1, 0.15) is 36.6 Å². The summed E-state index contributed by atoms with van der Waals surface area (Å²) in [5, 5.41) is 10.8. The van der Waals surface area contributed by atoms with E-state index in [9.17, 15) is 24.3 Å². The molecule has 14 heteroatoms. The lowest BCUT2D eigenvalue weighted by Gasteiger charge is -2.13. The number of hydrogen-bond acceptors (Lipinski definition) is 14. The number of phenolic OH excluding ortho intramolecular Hbond substituents is 1. The molecule has 0 fully saturated rings. The first-order valence-corrected chi connectivity index (χ1v) is 15.6. The molecule has 0 saturated carbocycles. The molecule has 14 nitrogen and oxygen atoms in total. The van der Waals surface area contributed by atoms with Crippen molar-refractivity contribution < 1.29 is 43.2 Å². The molecule has 0 radical (unpaired) electrons. The lowest BCUT2D eigenvalue weighted by atomic mass is 10.1. The highest BCUT2D eigenvalue weighted by Gasteiger charge is 2.22. The average molecular weight is 711 g/mol. The standard InChI is InChI=1S/C33H21N3O9.C6H5NO/c37-26-14-21(7-10-27(26)44-33(40)23-6-3-13-36-18-23)30-31(45-41-19-20-4-1-11-34-16-20)29(38)25-9-8-24(15-28(25)43-30)42-32(39)22-5-2-12-35-17-22;8-5-6-2-1-3-7-4-6/h1-18,37H,19H2;1-5H. The van der Waals surface area contributed by atoms with E-state index in [0.29, 0.717) is 11.1 Å². The molecule has 0 aliphatic rings. The summed E-state index contributed by atoms with van der Waals surface area (Å²) in [6.45, 7) is -0.0392. The van der Waals surface area contributed by atoms with E-state index < -0.39 is 23.1 Å². The second kappa shape index (κ2) is 16.9. The number of benzene rings is 2. The van der Waals surface area contributed by atoms with Crippen LogP contribution >= 0.6 is 0 Å². The van der Waals surface area contributed by atoms with Crippen molar-refractivity contribution in [3.05, 3.63) is 167 Å². The molecule has 0 aliphatic heterocycles. The minimum Gasteiger partial charge on any atom is -0.504 e. The Morgan fingerprint density at radius 3 is 1.98 bits per heavy atom. The summed E-state index contributed by atoms with van der Waals surface area (Å²) in [6, 6.07) is 21.4. The van der Waals surface area contributed by atoms with Crippen LogP contribution in [-0.2, 0) is 11.5 Å². The maximum absolute atomic E-state index is 13.6. The fraction of sp³-hybridized carbons (Fsp3) is 0.0256. The molecule has 0 atom stereocenters.